The Labute approximate surface area is 173 Å². The van der Waals surface area contributed by atoms with Crippen LogP contribution in [0.4, 0.5) is 5.69 Å². The highest BCUT2D eigenvalue weighted by Crippen LogP contribution is 2.41. The third-order valence-corrected chi connectivity index (χ3v) is 5.82. The average Bonchev–Trinajstić information content (AvgIpc) is 2.54. The molecule has 2 aliphatic rings. The van der Waals surface area contributed by atoms with Gasteiger partial charge < -0.3 is 15.8 Å². The predicted octanol–water partition coefficient (Wildman–Crippen LogP) is 4.01. The van der Waals surface area contributed by atoms with Crippen LogP contribution in [0.25, 0.3) is 0 Å². The number of hydrogen-bond acceptors (Lipinski definition) is 4. The van der Waals surface area contributed by atoms with E-state index >= 15 is 0 Å². The summed E-state index contributed by atoms with van der Waals surface area (Å²) in [6, 6.07) is 4.60. The van der Waals surface area contributed by atoms with Gasteiger partial charge >= 0.3 is 0 Å². The van der Waals surface area contributed by atoms with Crippen LogP contribution in [0.15, 0.2) is 21.1 Å². The first-order valence-corrected chi connectivity index (χ1v) is 9.52. The van der Waals surface area contributed by atoms with Crippen molar-refractivity contribution < 1.29 is 4.74 Å². The fourth-order valence-corrected chi connectivity index (χ4v) is 4.85. The quantitative estimate of drug-likeness (QED) is 0.609. The number of nitrogens with two attached hydrogens (primary N) is 1. The monoisotopic (exact) mass is 503 g/mol. The summed E-state index contributed by atoms with van der Waals surface area (Å²) >= 11 is 7.23. The van der Waals surface area contributed by atoms with E-state index in [1.165, 1.54) is 5.56 Å². The van der Waals surface area contributed by atoms with E-state index in [0.29, 0.717) is 12.0 Å². The molecule has 0 bridgehead atoms. The minimum atomic E-state index is 0. The van der Waals surface area contributed by atoms with E-state index in [4.69, 9.17) is 10.5 Å². The summed E-state index contributed by atoms with van der Waals surface area (Å²) in [5, 5.41) is 3.45. The molecular weight excluding hydrogens is 481 g/mol. The van der Waals surface area contributed by atoms with E-state index in [1.807, 2.05) is 6.07 Å². The number of ether oxygens (including phenoxy) is 1. The molecule has 2 heterocycles. The van der Waals surface area contributed by atoms with Gasteiger partial charge in [0.15, 0.2) is 0 Å². The van der Waals surface area contributed by atoms with Gasteiger partial charge in [0.05, 0.1) is 5.69 Å². The Hall–Kier alpha value is 0.440. The first kappa shape index (κ1) is 22.5. The van der Waals surface area contributed by atoms with Crippen molar-refractivity contribution in [2.75, 3.05) is 45.1 Å². The number of benzene rings is 1. The number of anilines is 1. The van der Waals surface area contributed by atoms with Crippen molar-refractivity contribution in [3.05, 3.63) is 26.6 Å². The number of nitrogens with one attached hydrogen (secondary N) is 1. The molecule has 1 aromatic rings. The average molecular weight is 506 g/mol. The van der Waals surface area contributed by atoms with Gasteiger partial charge in [0.2, 0.25) is 0 Å². The summed E-state index contributed by atoms with van der Waals surface area (Å²) in [6.07, 6.45) is 2.22. The SMILES string of the molecule is Cl.Cl.Nc1c(Br)cc(Br)cc1[C@H](C1CCOCC1)N1CCNCC1. The normalized spacial score (nSPS) is 20.8. The van der Waals surface area contributed by atoms with E-state index in [0.717, 1.165) is 66.9 Å². The second-order valence-electron chi connectivity index (χ2n) is 6.07. The lowest BCUT2D eigenvalue weighted by Gasteiger charge is -2.41. The number of halogens is 4. The molecule has 1 aromatic carbocycles. The van der Waals surface area contributed by atoms with Gasteiger partial charge in [-0.3, -0.25) is 4.90 Å². The lowest BCUT2D eigenvalue weighted by atomic mass is 9.85. The number of hydrogen-bond donors (Lipinski definition) is 2. The smallest absolute Gasteiger partial charge is 0.0507 e. The Balaban J connectivity index is 0.00000144. The van der Waals surface area contributed by atoms with Crippen LogP contribution >= 0.6 is 56.7 Å². The number of nitrogen functional groups attached to an aromatic ring is 1. The number of nitrogens with zero attached hydrogens (tertiary/aromatic N) is 1. The zero-order valence-electron chi connectivity index (χ0n) is 13.5. The van der Waals surface area contributed by atoms with Crippen molar-refractivity contribution in [2.24, 2.45) is 5.92 Å². The Bertz CT molecular complexity index is 506. The molecule has 1 atom stereocenters. The highest BCUT2D eigenvalue weighted by Gasteiger charge is 2.33. The summed E-state index contributed by atoms with van der Waals surface area (Å²) < 4.78 is 7.63. The van der Waals surface area contributed by atoms with Crippen LogP contribution in [-0.2, 0) is 4.74 Å². The van der Waals surface area contributed by atoms with E-state index in [1.54, 1.807) is 0 Å². The molecule has 0 radical (unpaired) electrons. The highest BCUT2D eigenvalue weighted by atomic mass is 79.9. The molecule has 0 aliphatic carbocycles. The minimum absolute atomic E-state index is 0. The molecule has 4 nitrogen and oxygen atoms in total. The lowest BCUT2D eigenvalue weighted by Crippen LogP contribution is -2.47. The molecule has 3 rings (SSSR count). The van der Waals surface area contributed by atoms with Gasteiger partial charge in [-0.05, 0) is 52.4 Å². The fourth-order valence-electron chi connectivity index (χ4n) is 3.59. The summed E-state index contributed by atoms with van der Waals surface area (Å²) in [5.74, 6) is 0.607. The first-order chi connectivity index (χ1) is 10.7. The van der Waals surface area contributed by atoms with Gasteiger partial charge in [-0.2, -0.15) is 0 Å². The van der Waals surface area contributed by atoms with Crippen LogP contribution < -0.4 is 11.1 Å². The Morgan fingerprint density at radius 1 is 1.12 bits per heavy atom. The molecule has 0 saturated carbocycles. The molecule has 2 fully saturated rings. The topological polar surface area (TPSA) is 50.5 Å². The molecular formula is C16H25Br2Cl2N3O. The predicted molar refractivity (Wildman–Crippen MR) is 111 cm³/mol. The van der Waals surface area contributed by atoms with Gasteiger partial charge in [0, 0.05) is 54.4 Å². The first-order valence-electron chi connectivity index (χ1n) is 7.93. The molecule has 0 aromatic heterocycles. The van der Waals surface area contributed by atoms with Gasteiger partial charge in [0.25, 0.3) is 0 Å². The van der Waals surface area contributed by atoms with Crippen LogP contribution in [0.2, 0.25) is 0 Å². The van der Waals surface area contributed by atoms with Gasteiger partial charge in [-0.1, -0.05) is 15.9 Å². The molecule has 2 saturated heterocycles. The molecule has 138 valence electrons. The van der Waals surface area contributed by atoms with Crippen molar-refractivity contribution in [3.63, 3.8) is 0 Å². The third-order valence-electron chi connectivity index (χ3n) is 4.70. The number of rotatable bonds is 3. The van der Waals surface area contributed by atoms with Crippen molar-refractivity contribution in [1.82, 2.24) is 10.2 Å². The van der Waals surface area contributed by atoms with Gasteiger partial charge in [-0.15, -0.1) is 24.8 Å². The van der Waals surface area contributed by atoms with Crippen molar-refractivity contribution in [3.8, 4) is 0 Å². The van der Waals surface area contributed by atoms with Crippen LogP contribution in [0.5, 0.6) is 0 Å². The van der Waals surface area contributed by atoms with Crippen LogP contribution in [0, 0.1) is 5.92 Å². The van der Waals surface area contributed by atoms with Crippen LogP contribution in [-0.4, -0.2) is 44.3 Å². The fraction of sp³-hybridized carbons (Fsp3) is 0.625. The summed E-state index contributed by atoms with van der Waals surface area (Å²) in [7, 11) is 0. The van der Waals surface area contributed by atoms with Crippen molar-refractivity contribution in [2.45, 2.75) is 18.9 Å². The Morgan fingerprint density at radius 3 is 2.38 bits per heavy atom. The zero-order valence-corrected chi connectivity index (χ0v) is 18.3. The lowest BCUT2D eigenvalue weighted by molar-refractivity contribution is 0.0215. The van der Waals surface area contributed by atoms with E-state index in [-0.39, 0.29) is 24.8 Å². The van der Waals surface area contributed by atoms with Crippen LogP contribution in [0.3, 0.4) is 0 Å². The third kappa shape index (κ3) is 5.22. The van der Waals surface area contributed by atoms with Gasteiger partial charge in [0.1, 0.15) is 0 Å². The summed E-state index contributed by atoms with van der Waals surface area (Å²) in [4.78, 5) is 2.59. The molecule has 0 amide bonds. The molecule has 8 heteroatoms. The summed E-state index contributed by atoms with van der Waals surface area (Å²) in [5.41, 5.74) is 8.54. The standard InChI is InChI=1S/C16H23Br2N3O.2ClH/c17-12-9-13(15(19)14(18)10-12)16(11-1-7-22-8-2-11)21-5-3-20-4-6-21;;/h9-11,16,20H,1-8,19H2;2*1H/t16-;;/m0../s1. The minimum Gasteiger partial charge on any atom is -0.398 e. The molecule has 24 heavy (non-hydrogen) atoms. The van der Waals surface area contributed by atoms with E-state index in [2.05, 4.69) is 48.1 Å². The van der Waals surface area contributed by atoms with Crippen molar-refractivity contribution >= 4 is 62.4 Å². The Kier molecular flexibility index (Phi) is 9.89. The number of piperazine rings is 1. The molecule has 0 spiro atoms. The maximum Gasteiger partial charge on any atom is 0.0507 e. The second kappa shape index (κ2) is 10.6. The summed E-state index contributed by atoms with van der Waals surface area (Å²) in [6.45, 7) is 5.98. The highest BCUT2D eigenvalue weighted by molar-refractivity contribution is 9.11. The van der Waals surface area contributed by atoms with Crippen LogP contribution in [0.1, 0.15) is 24.4 Å². The second-order valence-corrected chi connectivity index (χ2v) is 7.84. The molecule has 2 aliphatic heterocycles. The molecule has 3 N–H and O–H groups in total. The van der Waals surface area contributed by atoms with Gasteiger partial charge in [-0.25, -0.2) is 0 Å². The largest absolute Gasteiger partial charge is 0.398 e. The Morgan fingerprint density at radius 2 is 1.75 bits per heavy atom. The zero-order chi connectivity index (χ0) is 15.5. The maximum absolute atomic E-state index is 6.42. The maximum atomic E-state index is 6.42. The van der Waals surface area contributed by atoms with Crippen molar-refractivity contribution in [1.29, 1.82) is 0 Å². The van der Waals surface area contributed by atoms with E-state index in [9.17, 15) is 0 Å². The van der Waals surface area contributed by atoms with E-state index < -0.39 is 0 Å². The molecule has 0 unspecified atom stereocenters.